The van der Waals surface area contributed by atoms with Gasteiger partial charge in [0.25, 0.3) is 0 Å². The molecular formula is C20H25NO4. The third-order valence-electron chi connectivity index (χ3n) is 6.04. The molecular weight excluding hydrogens is 318 g/mol. The molecule has 1 saturated heterocycles. The highest BCUT2D eigenvalue weighted by Crippen LogP contribution is 2.45. The van der Waals surface area contributed by atoms with Crippen LogP contribution in [-0.2, 0) is 33.7 Å². The number of carbonyl (C=O) groups excluding carboxylic acids is 2. The third kappa shape index (κ3) is 2.90. The number of benzene rings is 1. The Kier molecular flexibility index (Phi) is 4.18. The van der Waals surface area contributed by atoms with Crippen LogP contribution in [0.2, 0.25) is 0 Å². The molecule has 0 unspecified atom stereocenters. The van der Waals surface area contributed by atoms with Crippen LogP contribution in [0.1, 0.15) is 55.2 Å². The van der Waals surface area contributed by atoms with Crippen molar-refractivity contribution in [2.24, 2.45) is 5.92 Å². The van der Waals surface area contributed by atoms with Gasteiger partial charge in [-0.25, -0.2) is 0 Å². The predicted molar refractivity (Wildman–Crippen MR) is 92.3 cm³/mol. The van der Waals surface area contributed by atoms with Crippen molar-refractivity contribution in [3.05, 3.63) is 28.8 Å². The Labute approximate surface area is 148 Å². The van der Waals surface area contributed by atoms with E-state index in [-0.39, 0.29) is 24.2 Å². The average molecular weight is 343 g/mol. The van der Waals surface area contributed by atoms with Crippen LogP contribution in [-0.4, -0.2) is 24.6 Å². The first kappa shape index (κ1) is 16.4. The van der Waals surface area contributed by atoms with Gasteiger partial charge in [0.2, 0.25) is 5.91 Å². The predicted octanol–water partition coefficient (Wildman–Crippen LogP) is 2.68. The molecule has 1 aromatic rings. The van der Waals surface area contributed by atoms with Gasteiger partial charge in [0.1, 0.15) is 11.4 Å². The molecule has 1 saturated carbocycles. The molecule has 3 aliphatic rings. The van der Waals surface area contributed by atoms with Crippen molar-refractivity contribution in [3.63, 3.8) is 0 Å². The van der Waals surface area contributed by atoms with Crippen LogP contribution >= 0.6 is 0 Å². The molecule has 1 atom stereocenters. The van der Waals surface area contributed by atoms with Crippen molar-refractivity contribution in [2.75, 3.05) is 7.11 Å². The summed E-state index contributed by atoms with van der Waals surface area (Å²) in [5.41, 5.74) is 3.16. The maximum Gasteiger partial charge on any atom is 0.307 e. The Hall–Kier alpha value is -2.04. The molecule has 0 radical (unpaired) electrons. The topological polar surface area (TPSA) is 64.6 Å². The summed E-state index contributed by atoms with van der Waals surface area (Å²) in [4.78, 5) is 24.6. The van der Waals surface area contributed by atoms with Crippen LogP contribution < -0.4 is 10.1 Å². The quantitative estimate of drug-likeness (QED) is 0.854. The van der Waals surface area contributed by atoms with E-state index in [1.165, 1.54) is 17.5 Å². The molecule has 2 aliphatic carbocycles. The molecule has 4 rings (SSSR count). The summed E-state index contributed by atoms with van der Waals surface area (Å²) in [6, 6.07) is 4.26. The number of methoxy groups -OCH3 is 1. The van der Waals surface area contributed by atoms with Gasteiger partial charge in [0.05, 0.1) is 19.4 Å². The minimum absolute atomic E-state index is 0.0738. The second-order valence-electron chi connectivity index (χ2n) is 7.51. The fraction of sp³-hybridized carbons (Fsp3) is 0.600. The Balaban J connectivity index is 1.48. The molecule has 2 fully saturated rings. The van der Waals surface area contributed by atoms with Crippen LogP contribution in [0.4, 0.5) is 0 Å². The molecule has 1 spiro atoms. The molecule has 25 heavy (non-hydrogen) atoms. The van der Waals surface area contributed by atoms with Gasteiger partial charge in [-0.3, -0.25) is 9.59 Å². The largest absolute Gasteiger partial charge is 0.496 e. The second-order valence-corrected chi connectivity index (χ2v) is 7.51. The van der Waals surface area contributed by atoms with Crippen LogP contribution in [0.15, 0.2) is 12.1 Å². The van der Waals surface area contributed by atoms with Crippen molar-refractivity contribution < 1.29 is 19.1 Å². The van der Waals surface area contributed by atoms with Crippen molar-refractivity contribution in [2.45, 2.75) is 63.5 Å². The fourth-order valence-corrected chi connectivity index (χ4v) is 4.73. The van der Waals surface area contributed by atoms with Gasteiger partial charge in [0, 0.05) is 12.1 Å². The Morgan fingerprint density at radius 1 is 1.24 bits per heavy atom. The van der Waals surface area contributed by atoms with Gasteiger partial charge in [-0.15, -0.1) is 0 Å². The number of aryl methyl sites for hydroxylation is 2. The molecule has 0 aromatic heterocycles. The number of esters is 1. The Morgan fingerprint density at radius 3 is 2.68 bits per heavy atom. The van der Waals surface area contributed by atoms with Crippen molar-refractivity contribution in [1.82, 2.24) is 5.32 Å². The van der Waals surface area contributed by atoms with E-state index in [9.17, 15) is 9.59 Å². The van der Waals surface area contributed by atoms with Gasteiger partial charge < -0.3 is 14.8 Å². The lowest BCUT2D eigenvalue weighted by molar-refractivity contribution is -0.149. The van der Waals surface area contributed by atoms with Gasteiger partial charge in [-0.05, 0) is 62.1 Å². The van der Waals surface area contributed by atoms with E-state index in [0.29, 0.717) is 6.54 Å². The summed E-state index contributed by atoms with van der Waals surface area (Å²) in [5.74, 6) is 0.158. The van der Waals surface area contributed by atoms with Crippen LogP contribution in [0.5, 0.6) is 5.75 Å². The molecule has 1 N–H and O–H groups in total. The van der Waals surface area contributed by atoms with Gasteiger partial charge in [-0.2, -0.15) is 0 Å². The summed E-state index contributed by atoms with van der Waals surface area (Å²) < 4.78 is 11.1. The summed E-state index contributed by atoms with van der Waals surface area (Å²) in [5, 5.41) is 3.03. The van der Waals surface area contributed by atoms with E-state index in [2.05, 4.69) is 17.4 Å². The normalized spacial score (nSPS) is 23.6. The first-order chi connectivity index (χ1) is 12.1. The average Bonchev–Trinajstić information content (AvgIpc) is 3.32. The number of hydrogen-bond acceptors (Lipinski definition) is 4. The molecule has 1 aliphatic heterocycles. The Bertz CT molecular complexity index is 706. The lowest BCUT2D eigenvalue weighted by Gasteiger charge is -2.28. The van der Waals surface area contributed by atoms with Gasteiger partial charge in [-0.1, -0.05) is 6.07 Å². The van der Waals surface area contributed by atoms with E-state index in [4.69, 9.17) is 9.47 Å². The number of amides is 1. The highest BCUT2D eigenvalue weighted by molar-refractivity contribution is 5.88. The van der Waals surface area contributed by atoms with E-state index in [1.807, 2.05) is 0 Å². The fourth-order valence-electron chi connectivity index (χ4n) is 4.73. The van der Waals surface area contributed by atoms with Gasteiger partial charge in [0.15, 0.2) is 0 Å². The van der Waals surface area contributed by atoms with Crippen molar-refractivity contribution in [1.29, 1.82) is 0 Å². The molecule has 5 heteroatoms. The smallest absolute Gasteiger partial charge is 0.307 e. The number of nitrogens with one attached hydrogen (secondary N) is 1. The SMILES string of the molecule is COc1cc2c(cc1CNC(=O)[C@H]1CC(=O)OC13CCCC3)CCC2. The van der Waals surface area contributed by atoms with Crippen molar-refractivity contribution in [3.8, 4) is 5.75 Å². The summed E-state index contributed by atoms with van der Waals surface area (Å²) in [6.07, 6.45) is 7.23. The molecule has 0 bridgehead atoms. The lowest BCUT2D eigenvalue weighted by atomic mass is 9.85. The molecule has 1 aromatic carbocycles. The summed E-state index contributed by atoms with van der Waals surface area (Å²) in [7, 11) is 1.67. The number of hydrogen-bond donors (Lipinski definition) is 1. The standard InChI is InChI=1S/C20H25NO4/c1-24-17-10-14-6-4-5-13(14)9-15(17)12-21-19(23)16-11-18(22)25-20(16)7-2-3-8-20/h9-10,16H,2-8,11-12H2,1H3,(H,21,23)/t16-/m1/s1. The van der Waals surface area contributed by atoms with E-state index in [0.717, 1.165) is 49.8 Å². The summed E-state index contributed by atoms with van der Waals surface area (Å²) >= 11 is 0. The van der Waals surface area contributed by atoms with Gasteiger partial charge >= 0.3 is 5.97 Å². The first-order valence-corrected chi connectivity index (χ1v) is 9.29. The molecule has 5 nitrogen and oxygen atoms in total. The minimum atomic E-state index is -0.552. The first-order valence-electron chi connectivity index (χ1n) is 9.29. The van der Waals surface area contributed by atoms with E-state index < -0.39 is 5.60 Å². The minimum Gasteiger partial charge on any atom is -0.496 e. The zero-order chi connectivity index (χ0) is 17.4. The highest BCUT2D eigenvalue weighted by Gasteiger charge is 2.53. The number of rotatable bonds is 4. The summed E-state index contributed by atoms with van der Waals surface area (Å²) in [6.45, 7) is 0.427. The molecule has 134 valence electrons. The number of ether oxygens (including phenoxy) is 2. The maximum atomic E-state index is 12.8. The number of fused-ring (bicyclic) bond motifs is 1. The van der Waals surface area contributed by atoms with Crippen LogP contribution in [0.25, 0.3) is 0 Å². The molecule has 1 heterocycles. The van der Waals surface area contributed by atoms with E-state index in [1.54, 1.807) is 7.11 Å². The monoisotopic (exact) mass is 343 g/mol. The van der Waals surface area contributed by atoms with Crippen LogP contribution in [0, 0.1) is 5.92 Å². The van der Waals surface area contributed by atoms with Crippen molar-refractivity contribution >= 4 is 11.9 Å². The zero-order valence-corrected chi connectivity index (χ0v) is 14.7. The zero-order valence-electron chi connectivity index (χ0n) is 14.7. The van der Waals surface area contributed by atoms with E-state index >= 15 is 0 Å². The Morgan fingerprint density at radius 2 is 1.96 bits per heavy atom. The lowest BCUT2D eigenvalue weighted by Crippen LogP contribution is -2.42. The third-order valence-corrected chi connectivity index (χ3v) is 6.04. The highest BCUT2D eigenvalue weighted by atomic mass is 16.6. The van der Waals surface area contributed by atoms with Crippen LogP contribution in [0.3, 0.4) is 0 Å². The number of carbonyl (C=O) groups is 2. The second kappa shape index (κ2) is 6.36. The maximum absolute atomic E-state index is 12.8. The molecule has 1 amide bonds.